The lowest BCUT2D eigenvalue weighted by atomic mass is 9.98. The van der Waals surface area contributed by atoms with E-state index in [-0.39, 0.29) is 0 Å². The van der Waals surface area contributed by atoms with Gasteiger partial charge in [-0.1, -0.05) is 52.3 Å². The predicted molar refractivity (Wildman–Crippen MR) is 69.2 cm³/mol. The molecule has 2 aromatic carbocycles. The maximum Gasteiger partial charge on any atom is 0.0991 e. The molecule has 2 heteroatoms. The predicted octanol–water partition coefficient (Wildman–Crippen LogP) is 4.12. The smallest absolute Gasteiger partial charge is 0.0991 e. The third kappa shape index (κ3) is 2.15. The van der Waals surface area contributed by atoms with Crippen LogP contribution in [0.3, 0.4) is 0 Å². The average Bonchev–Trinajstić information content (AvgIpc) is 2.39. The maximum absolute atomic E-state index is 8.91. The number of halogens is 1. The van der Waals surface area contributed by atoms with E-state index in [0.29, 0.717) is 5.56 Å². The van der Waals surface area contributed by atoms with Crippen LogP contribution in [0, 0.1) is 11.3 Å². The second-order valence-corrected chi connectivity index (χ2v) is 4.04. The molecule has 0 fully saturated rings. The van der Waals surface area contributed by atoms with E-state index in [4.69, 9.17) is 5.26 Å². The molecule has 0 aromatic heterocycles. The van der Waals surface area contributed by atoms with Gasteiger partial charge in [0.25, 0.3) is 0 Å². The van der Waals surface area contributed by atoms with Gasteiger partial charge in [0.05, 0.1) is 11.6 Å². The maximum atomic E-state index is 8.91. The molecular formula is C14H10BrN. The van der Waals surface area contributed by atoms with Gasteiger partial charge in [0.2, 0.25) is 0 Å². The molecule has 2 aromatic rings. The fourth-order valence-corrected chi connectivity index (χ4v) is 2.14. The van der Waals surface area contributed by atoms with Crippen LogP contribution in [-0.4, -0.2) is 0 Å². The van der Waals surface area contributed by atoms with Crippen LogP contribution in [0.15, 0.2) is 48.5 Å². The Labute approximate surface area is 103 Å². The van der Waals surface area contributed by atoms with Crippen LogP contribution in [0.4, 0.5) is 0 Å². The molecule has 0 N–H and O–H groups in total. The first kappa shape index (κ1) is 10.9. The minimum Gasteiger partial charge on any atom is -0.192 e. The second kappa shape index (κ2) is 4.96. The van der Waals surface area contributed by atoms with Crippen LogP contribution in [0.1, 0.15) is 11.1 Å². The van der Waals surface area contributed by atoms with Crippen LogP contribution < -0.4 is 0 Å². The minimum absolute atomic E-state index is 0.698. The summed E-state index contributed by atoms with van der Waals surface area (Å²) in [5.74, 6) is 0. The highest BCUT2D eigenvalue weighted by molar-refractivity contribution is 9.08. The number of benzene rings is 2. The number of hydrogen-bond acceptors (Lipinski definition) is 1. The standard InChI is InChI=1S/C14H10BrN/c15-9-13-7-6-11(10-16)8-14(13)12-4-2-1-3-5-12/h1-8H,9H2. The molecule has 1 nitrogen and oxygen atoms in total. The van der Waals surface area contributed by atoms with Crippen molar-refractivity contribution in [1.29, 1.82) is 5.26 Å². The minimum atomic E-state index is 0.698. The average molecular weight is 272 g/mol. The lowest BCUT2D eigenvalue weighted by Crippen LogP contribution is -1.87. The van der Waals surface area contributed by atoms with Gasteiger partial charge in [-0.25, -0.2) is 0 Å². The summed E-state index contributed by atoms with van der Waals surface area (Å²) >= 11 is 3.47. The van der Waals surface area contributed by atoms with Gasteiger partial charge >= 0.3 is 0 Å². The summed E-state index contributed by atoms with van der Waals surface area (Å²) < 4.78 is 0. The van der Waals surface area contributed by atoms with Crippen molar-refractivity contribution >= 4 is 15.9 Å². The molecule has 78 valence electrons. The van der Waals surface area contributed by atoms with Gasteiger partial charge in [-0.2, -0.15) is 5.26 Å². The van der Waals surface area contributed by atoms with Crippen LogP contribution in [0.2, 0.25) is 0 Å². The molecule has 0 saturated heterocycles. The quantitative estimate of drug-likeness (QED) is 0.754. The van der Waals surface area contributed by atoms with E-state index in [1.165, 1.54) is 5.56 Å². The van der Waals surface area contributed by atoms with E-state index in [1.807, 2.05) is 36.4 Å². The normalized spacial score (nSPS) is 9.75. The molecular weight excluding hydrogens is 262 g/mol. The Hall–Kier alpha value is -1.59. The Morgan fingerprint density at radius 1 is 1.06 bits per heavy atom. The molecule has 16 heavy (non-hydrogen) atoms. The van der Waals surface area contributed by atoms with E-state index < -0.39 is 0 Å². The van der Waals surface area contributed by atoms with Crippen molar-refractivity contribution < 1.29 is 0 Å². The fourth-order valence-electron chi connectivity index (χ4n) is 1.65. The summed E-state index contributed by atoms with van der Waals surface area (Å²) in [6, 6.07) is 18.1. The highest BCUT2D eigenvalue weighted by atomic mass is 79.9. The molecule has 0 radical (unpaired) electrons. The summed E-state index contributed by atoms with van der Waals surface area (Å²) in [4.78, 5) is 0. The first-order chi connectivity index (χ1) is 7.85. The summed E-state index contributed by atoms with van der Waals surface area (Å²) in [6.45, 7) is 0. The Kier molecular flexibility index (Phi) is 3.38. The van der Waals surface area contributed by atoms with Crippen molar-refractivity contribution in [2.75, 3.05) is 0 Å². The van der Waals surface area contributed by atoms with E-state index in [1.54, 1.807) is 0 Å². The molecule has 2 rings (SSSR count). The Morgan fingerprint density at radius 2 is 1.81 bits per heavy atom. The molecule has 0 unspecified atom stereocenters. The van der Waals surface area contributed by atoms with Crippen LogP contribution >= 0.6 is 15.9 Å². The zero-order valence-corrected chi connectivity index (χ0v) is 10.2. The molecule has 0 amide bonds. The number of hydrogen-bond donors (Lipinski definition) is 0. The van der Waals surface area contributed by atoms with Crippen molar-refractivity contribution in [1.82, 2.24) is 0 Å². The summed E-state index contributed by atoms with van der Waals surface area (Å²) in [5, 5.41) is 9.71. The molecule has 0 heterocycles. The molecule has 0 saturated carbocycles. The second-order valence-electron chi connectivity index (χ2n) is 3.48. The van der Waals surface area contributed by atoms with Crippen LogP contribution in [0.5, 0.6) is 0 Å². The van der Waals surface area contributed by atoms with Crippen LogP contribution in [0.25, 0.3) is 11.1 Å². The number of nitrogens with zero attached hydrogens (tertiary/aromatic N) is 1. The largest absolute Gasteiger partial charge is 0.192 e. The first-order valence-corrected chi connectivity index (χ1v) is 6.11. The van der Waals surface area contributed by atoms with E-state index in [9.17, 15) is 0 Å². The first-order valence-electron chi connectivity index (χ1n) is 4.99. The monoisotopic (exact) mass is 271 g/mol. The summed E-state index contributed by atoms with van der Waals surface area (Å²) in [7, 11) is 0. The lowest BCUT2D eigenvalue weighted by molar-refractivity contribution is 1.40. The number of alkyl halides is 1. The molecule has 0 bridgehead atoms. The van der Waals surface area contributed by atoms with Crippen molar-refractivity contribution in [2.45, 2.75) is 5.33 Å². The molecule has 0 atom stereocenters. The van der Waals surface area contributed by atoms with Gasteiger partial charge in [-0.15, -0.1) is 0 Å². The molecule has 0 aliphatic carbocycles. The Balaban J connectivity index is 2.59. The van der Waals surface area contributed by atoms with Crippen molar-refractivity contribution in [3.05, 3.63) is 59.7 Å². The molecule has 0 aliphatic rings. The summed E-state index contributed by atoms with van der Waals surface area (Å²) in [5.41, 5.74) is 4.17. The van der Waals surface area contributed by atoms with E-state index >= 15 is 0 Å². The third-order valence-electron chi connectivity index (χ3n) is 2.47. The zero-order chi connectivity index (χ0) is 11.4. The SMILES string of the molecule is N#Cc1ccc(CBr)c(-c2ccccc2)c1. The van der Waals surface area contributed by atoms with E-state index in [2.05, 4.69) is 34.1 Å². The fraction of sp³-hybridized carbons (Fsp3) is 0.0714. The lowest BCUT2D eigenvalue weighted by Gasteiger charge is -2.07. The third-order valence-corrected chi connectivity index (χ3v) is 3.07. The number of nitriles is 1. The number of rotatable bonds is 2. The van der Waals surface area contributed by atoms with Crippen molar-refractivity contribution in [2.24, 2.45) is 0 Å². The Morgan fingerprint density at radius 3 is 2.44 bits per heavy atom. The molecule has 0 spiro atoms. The van der Waals surface area contributed by atoms with Crippen molar-refractivity contribution in [3.8, 4) is 17.2 Å². The highest BCUT2D eigenvalue weighted by Gasteiger charge is 2.04. The highest BCUT2D eigenvalue weighted by Crippen LogP contribution is 2.26. The zero-order valence-electron chi connectivity index (χ0n) is 8.65. The van der Waals surface area contributed by atoms with Gasteiger partial charge in [0.15, 0.2) is 0 Å². The Bertz CT molecular complexity index is 526. The molecule has 0 aliphatic heterocycles. The topological polar surface area (TPSA) is 23.8 Å². The van der Waals surface area contributed by atoms with Gasteiger partial charge < -0.3 is 0 Å². The van der Waals surface area contributed by atoms with Gasteiger partial charge in [-0.3, -0.25) is 0 Å². The summed E-state index contributed by atoms with van der Waals surface area (Å²) in [6.07, 6.45) is 0. The van der Waals surface area contributed by atoms with E-state index in [0.717, 1.165) is 16.5 Å². The van der Waals surface area contributed by atoms with Gasteiger partial charge in [0, 0.05) is 5.33 Å². The van der Waals surface area contributed by atoms with Crippen molar-refractivity contribution in [3.63, 3.8) is 0 Å². The van der Waals surface area contributed by atoms with Gasteiger partial charge in [0.1, 0.15) is 0 Å². The van der Waals surface area contributed by atoms with Gasteiger partial charge in [-0.05, 0) is 28.8 Å². The van der Waals surface area contributed by atoms with Crippen LogP contribution in [-0.2, 0) is 5.33 Å².